The molecule has 0 radical (unpaired) electrons. The zero-order chi connectivity index (χ0) is 27.3. The first-order valence-corrected chi connectivity index (χ1v) is 12.9. The van der Waals surface area contributed by atoms with Gasteiger partial charge in [-0.05, 0) is 49.4 Å². The summed E-state index contributed by atoms with van der Waals surface area (Å²) >= 11 is 0. The molecule has 1 unspecified atom stereocenters. The molecule has 0 spiro atoms. The molecule has 1 fully saturated rings. The molecule has 0 saturated carbocycles. The summed E-state index contributed by atoms with van der Waals surface area (Å²) in [5.74, 6) is -0.503. The van der Waals surface area contributed by atoms with Gasteiger partial charge >= 0.3 is 6.36 Å². The van der Waals surface area contributed by atoms with Gasteiger partial charge in [0.25, 0.3) is 15.9 Å². The van der Waals surface area contributed by atoms with Crippen molar-refractivity contribution in [2.75, 3.05) is 35.8 Å². The van der Waals surface area contributed by atoms with Crippen LogP contribution in [0.3, 0.4) is 0 Å². The van der Waals surface area contributed by atoms with E-state index in [4.69, 9.17) is 4.74 Å². The molecule has 0 bridgehead atoms. The number of alkyl halides is 3. The summed E-state index contributed by atoms with van der Waals surface area (Å²) < 4.78 is 74.4. The average Bonchev–Trinajstić information content (AvgIpc) is 2.88. The number of carbonyl (C=O) groups excluding carboxylic acids is 1. The predicted octanol–water partition coefficient (Wildman–Crippen LogP) is 3.54. The fourth-order valence-corrected chi connectivity index (χ4v) is 4.83. The number of aromatic nitrogens is 2. The summed E-state index contributed by atoms with van der Waals surface area (Å²) in [6.45, 7) is 3.30. The van der Waals surface area contributed by atoms with Crippen molar-refractivity contribution in [3.63, 3.8) is 0 Å². The van der Waals surface area contributed by atoms with Gasteiger partial charge < -0.3 is 19.3 Å². The topological polar surface area (TPSA) is 114 Å². The first-order chi connectivity index (χ1) is 18.0. The molecule has 2 heterocycles. The average molecular weight is 554 g/mol. The summed E-state index contributed by atoms with van der Waals surface area (Å²) in [6.07, 6.45) is -3.09. The molecule has 1 aromatic heterocycles. The Morgan fingerprint density at radius 2 is 1.74 bits per heavy atom. The maximum absolute atomic E-state index is 12.9. The second kappa shape index (κ2) is 11.1. The minimum Gasteiger partial charge on any atom is -0.481 e. The summed E-state index contributed by atoms with van der Waals surface area (Å²) in [7, 11) is -3.82. The molecule has 1 aliphatic rings. The number of ether oxygens (including phenoxy) is 2. The molecule has 1 aliphatic heterocycles. The Labute approximate surface area is 218 Å². The molecule has 204 valence electrons. The number of rotatable bonds is 8. The smallest absolute Gasteiger partial charge is 0.481 e. The van der Waals surface area contributed by atoms with Crippen molar-refractivity contribution in [2.24, 2.45) is 0 Å². The molecule has 1 amide bonds. The van der Waals surface area contributed by atoms with Crippen molar-refractivity contribution >= 4 is 27.4 Å². The van der Waals surface area contributed by atoms with Crippen molar-refractivity contribution in [3.8, 4) is 11.5 Å². The molecule has 0 aliphatic carbocycles. The quantitative estimate of drug-likeness (QED) is 0.451. The van der Waals surface area contributed by atoms with Gasteiger partial charge in [0, 0.05) is 45.6 Å². The maximum Gasteiger partial charge on any atom is 0.573 e. The maximum atomic E-state index is 12.9. The van der Waals surface area contributed by atoms with Gasteiger partial charge in [0.15, 0.2) is 6.10 Å². The molecule has 14 heteroatoms. The second-order valence-electron chi connectivity index (χ2n) is 8.29. The van der Waals surface area contributed by atoms with E-state index in [2.05, 4.69) is 19.4 Å². The van der Waals surface area contributed by atoms with Crippen molar-refractivity contribution in [1.29, 1.82) is 0 Å². The van der Waals surface area contributed by atoms with E-state index < -0.39 is 28.2 Å². The summed E-state index contributed by atoms with van der Waals surface area (Å²) in [5, 5.41) is 0. The van der Waals surface area contributed by atoms with Crippen LogP contribution in [0.5, 0.6) is 11.5 Å². The molecular formula is C24H26F3N5O5S. The van der Waals surface area contributed by atoms with E-state index in [-0.39, 0.29) is 23.8 Å². The number of sulfonamides is 1. The van der Waals surface area contributed by atoms with E-state index in [1.54, 1.807) is 17.0 Å². The van der Waals surface area contributed by atoms with Gasteiger partial charge in [0.1, 0.15) is 23.6 Å². The normalized spacial score (nSPS) is 15.1. The zero-order valence-corrected chi connectivity index (χ0v) is 20.9. The fraction of sp³-hybridized carbons (Fsp3) is 0.292. The first kappa shape index (κ1) is 27.0. The Balaban J connectivity index is 0.00000420. The molecule has 2 aromatic carbocycles. The highest BCUT2D eigenvalue weighted by Gasteiger charge is 2.31. The highest BCUT2D eigenvalue weighted by atomic mass is 32.2. The highest BCUT2D eigenvalue weighted by Crippen LogP contribution is 2.27. The number of carbonyl (C=O) groups is 1. The van der Waals surface area contributed by atoms with E-state index in [0.717, 1.165) is 17.8 Å². The number of nitrogens with zero attached hydrogens (tertiary/aromatic N) is 4. The van der Waals surface area contributed by atoms with Crippen LogP contribution < -0.4 is 19.1 Å². The third-order valence-corrected chi connectivity index (χ3v) is 6.99. The lowest BCUT2D eigenvalue weighted by atomic mass is 10.2. The number of piperazine rings is 1. The van der Waals surface area contributed by atoms with Crippen LogP contribution >= 0.6 is 0 Å². The lowest BCUT2D eigenvalue weighted by molar-refractivity contribution is -0.274. The van der Waals surface area contributed by atoms with E-state index in [0.29, 0.717) is 26.2 Å². The van der Waals surface area contributed by atoms with Crippen molar-refractivity contribution in [2.45, 2.75) is 24.3 Å². The van der Waals surface area contributed by atoms with Crippen LogP contribution in [0, 0.1) is 0 Å². The molecule has 38 heavy (non-hydrogen) atoms. The Hall–Kier alpha value is -4.07. The molecule has 4 rings (SSSR count). The third-order valence-electron chi connectivity index (χ3n) is 5.62. The number of hydrogen-bond acceptors (Lipinski definition) is 8. The van der Waals surface area contributed by atoms with E-state index >= 15 is 0 Å². The van der Waals surface area contributed by atoms with Gasteiger partial charge in [-0.15, -0.1) is 13.2 Å². The number of anilines is 2. The van der Waals surface area contributed by atoms with Gasteiger partial charge in [0.2, 0.25) is 0 Å². The molecule has 1 saturated heterocycles. The van der Waals surface area contributed by atoms with Crippen molar-refractivity contribution < 1.29 is 37.3 Å². The lowest BCUT2D eigenvalue weighted by Crippen LogP contribution is -2.52. The van der Waals surface area contributed by atoms with E-state index in [1.807, 2.05) is 4.90 Å². The first-order valence-electron chi connectivity index (χ1n) is 11.5. The molecule has 1 N–H and O–H groups in total. The van der Waals surface area contributed by atoms with Crippen molar-refractivity contribution in [1.82, 2.24) is 14.9 Å². The number of halogens is 3. The second-order valence-corrected chi connectivity index (χ2v) is 9.97. The van der Waals surface area contributed by atoms with Crippen LogP contribution in [0.15, 0.2) is 72.0 Å². The monoisotopic (exact) mass is 553 g/mol. The van der Waals surface area contributed by atoms with Crippen LogP contribution in [-0.2, 0) is 14.8 Å². The molecular weight excluding hydrogens is 527 g/mol. The molecule has 1 atom stereocenters. The predicted molar refractivity (Wildman–Crippen MR) is 133 cm³/mol. The van der Waals surface area contributed by atoms with Crippen molar-refractivity contribution in [3.05, 3.63) is 67.1 Å². The van der Waals surface area contributed by atoms with Gasteiger partial charge in [-0.2, -0.15) is 0 Å². The minimum atomic E-state index is -4.83. The number of benzene rings is 2. The highest BCUT2D eigenvalue weighted by molar-refractivity contribution is 7.92. The summed E-state index contributed by atoms with van der Waals surface area (Å²) in [5.41, 5.74) is 0.795. The number of nitrogens with one attached hydrogen (secondary N) is 1. The largest absolute Gasteiger partial charge is 0.573 e. The minimum absolute atomic E-state index is 0. The van der Waals surface area contributed by atoms with Gasteiger partial charge in [-0.1, -0.05) is 6.07 Å². The standard InChI is InChI=1S/C24H24F3N5O5S.H2/c1-17(36-19-3-2-4-20(15-19)37-24(25,26)27)23(33)32-13-11-31(12-14-32)18-5-7-21(8-6-18)38(34,35)30-22-9-10-28-16-29-22;/h2-10,15-17H,11-14H2,1H3,(H,28,29,30);1H. The Morgan fingerprint density at radius 3 is 2.37 bits per heavy atom. The third kappa shape index (κ3) is 7.03. The van der Waals surface area contributed by atoms with Crippen LogP contribution in [0.2, 0.25) is 0 Å². The zero-order valence-electron chi connectivity index (χ0n) is 20.1. The van der Waals surface area contributed by atoms with Crippen LogP contribution in [0.25, 0.3) is 0 Å². The van der Waals surface area contributed by atoms with Gasteiger partial charge in [0.05, 0.1) is 4.90 Å². The summed E-state index contributed by atoms with van der Waals surface area (Å²) in [4.78, 5) is 24.2. The van der Waals surface area contributed by atoms with Crippen LogP contribution in [0.1, 0.15) is 8.35 Å². The number of amides is 1. The van der Waals surface area contributed by atoms with E-state index in [9.17, 15) is 26.4 Å². The van der Waals surface area contributed by atoms with Gasteiger partial charge in [-0.3, -0.25) is 9.52 Å². The Kier molecular flexibility index (Phi) is 7.90. The van der Waals surface area contributed by atoms with Gasteiger partial charge in [-0.25, -0.2) is 18.4 Å². The van der Waals surface area contributed by atoms with Crippen LogP contribution in [-0.4, -0.2) is 67.8 Å². The lowest BCUT2D eigenvalue weighted by Gasteiger charge is -2.37. The molecule has 10 nitrogen and oxygen atoms in total. The van der Waals surface area contributed by atoms with Crippen LogP contribution in [0.4, 0.5) is 24.7 Å². The SMILES string of the molecule is CC(Oc1cccc(OC(F)(F)F)c1)C(=O)N1CCN(c2ccc(S(=O)(=O)Nc3ccncn3)cc2)CC1.[HH]. The summed E-state index contributed by atoms with van der Waals surface area (Å²) in [6, 6.07) is 12.8. The Bertz CT molecular complexity index is 1360. The number of hydrogen-bond donors (Lipinski definition) is 1. The fourth-order valence-electron chi connectivity index (χ4n) is 3.83. The van der Waals surface area contributed by atoms with E-state index in [1.165, 1.54) is 49.8 Å². The Morgan fingerprint density at radius 1 is 1.05 bits per heavy atom. The molecule has 3 aromatic rings.